The van der Waals surface area contributed by atoms with Crippen LogP contribution < -0.4 is 5.32 Å². The minimum Gasteiger partial charge on any atom is -0.308 e. The van der Waals surface area contributed by atoms with Gasteiger partial charge in [-0.05, 0) is 25.7 Å². The smallest absolute Gasteiger partial charge is 0.278 e. The number of hydrogen-bond acceptors (Lipinski definition) is 4. The number of nitro groups is 1. The summed E-state index contributed by atoms with van der Waals surface area (Å²) in [5.74, 6) is 0. The van der Waals surface area contributed by atoms with E-state index in [2.05, 4.69) is 24.1 Å². The van der Waals surface area contributed by atoms with E-state index < -0.39 is 0 Å². The average Bonchev–Trinajstić information content (AvgIpc) is 2.85. The molecule has 98 valence electrons. The van der Waals surface area contributed by atoms with Crippen LogP contribution in [0.15, 0.2) is 6.20 Å². The maximum Gasteiger partial charge on any atom is 0.278 e. The molecule has 0 amide bonds. The third-order valence-electron chi connectivity index (χ3n) is 3.79. The van der Waals surface area contributed by atoms with Crippen molar-refractivity contribution in [3.8, 4) is 0 Å². The summed E-state index contributed by atoms with van der Waals surface area (Å²) >= 11 is 0. The van der Waals surface area contributed by atoms with Gasteiger partial charge in [0.15, 0.2) is 0 Å². The first-order chi connectivity index (χ1) is 8.33. The van der Waals surface area contributed by atoms with Crippen molar-refractivity contribution in [2.24, 2.45) is 5.41 Å². The van der Waals surface area contributed by atoms with Gasteiger partial charge in [0.1, 0.15) is 0 Å². The van der Waals surface area contributed by atoms with Crippen LogP contribution in [0.3, 0.4) is 0 Å². The summed E-state index contributed by atoms with van der Waals surface area (Å²) in [5, 5.41) is 14.4. The Labute approximate surface area is 107 Å². The molecule has 1 aromatic heterocycles. The molecule has 18 heavy (non-hydrogen) atoms. The Kier molecular flexibility index (Phi) is 3.11. The third-order valence-corrected chi connectivity index (χ3v) is 3.79. The molecule has 1 N–H and O–H groups in total. The lowest BCUT2D eigenvalue weighted by Gasteiger charge is -2.09. The fraction of sp³-hybridized carbons (Fsp3) is 0.615. The molecule has 1 fully saturated rings. The maximum atomic E-state index is 11.0. The predicted octanol–water partition coefficient (Wildman–Crippen LogP) is 2.49. The van der Waals surface area contributed by atoms with Gasteiger partial charge in [-0.15, -0.1) is 0 Å². The monoisotopic (exact) mass is 249 g/mol. The molecule has 5 nitrogen and oxygen atoms in total. The van der Waals surface area contributed by atoms with E-state index in [1.165, 1.54) is 0 Å². The first-order valence-electron chi connectivity index (χ1n) is 6.16. The second-order valence-electron chi connectivity index (χ2n) is 5.74. The van der Waals surface area contributed by atoms with Gasteiger partial charge in [0.25, 0.3) is 5.69 Å². The molecule has 1 aliphatic rings. The van der Waals surface area contributed by atoms with E-state index in [1.54, 1.807) is 20.0 Å². The highest BCUT2D eigenvalue weighted by Crippen LogP contribution is 2.44. The van der Waals surface area contributed by atoms with E-state index in [0.717, 1.165) is 12.1 Å². The Hall–Kier alpha value is -1.49. The zero-order chi connectivity index (χ0) is 13.5. The lowest BCUT2D eigenvalue weighted by molar-refractivity contribution is -0.386. The summed E-state index contributed by atoms with van der Waals surface area (Å²) < 4.78 is 0. The summed E-state index contributed by atoms with van der Waals surface area (Å²) in [6, 6.07) is 0.499. The van der Waals surface area contributed by atoms with Crippen LogP contribution in [0, 0.1) is 29.4 Å². The van der Waals surface area contributed by atoms with E-state index in [4.69, 9.17) is 0 Å². The molecule has 0 spiro atoms. The fourth-order valence-corrected chi connectivity index (χ4v) is 2.26. The standard InChI is InChI=1S/C13H19N3O2/c1-8-6-14-10(9(2)12(8)16(17)18)7-15-11-5-13(11,3)4/h6,11,15H,5,7H2,1-4H3. The molecule has 5 heteroatoms. The summed E-state index contributed by atoms with van der Waals surface area (Å²) in [6.45, 7) is 8.51. The average molecular weight is 249 g/mol. The first-order valence-corrected chi connectivity index (χ1v) is 6.16. The Morgan fingerprint density at radius 1 is 1.56 bits per heavy atom. The van der Waals surface area contributed by atoms with Crippen LogP contribution in [0.2, 0.25) is 0 Å². The number of nitrogens with one attached hydrogen (secondary N) is 1. The number of rotatable bonds is 4. The Balaban J connectivity index is 2.14. The van der Waals surface area contributed by atoms with Crippen LogP contribution in [-0.4, -0.2) is 15.9 Å². The third kappa shape index (κ3) is 2.36. The lowest BCUT2D eigenvalue weighted by atomic mass is 10.1. The van der Waals surface area contributed by atoms with E-state index in [0.29, 0.717) is 29.1 Å². The molecule has 2 rings (SSSR count). The molecule has 1 unspecified atom stereocenters. The molecule has 1 heterocycles. The summed E-state index contributed by atoms with van der Waals surface area (Å²) in [4.78, 5) is 15.0. The van der Waals surface area contributed by atoms with Crippen molar-refractivity contribution < 1.29 is 4.92 Å². The van der Waals surface area contributed by atoms with Crippen LogP contribution in [0.1, 0.15) is 37.1 Å². The molecule has 0 saturated heterocycles. The highest BCUT2D eigenvalue weighted by atomic mass is 16.6. The number of aromatic nitrogens is 1. The van der Waals surface area contributed by atoms with Gasteiger partial charge < -0.3 is 5.32 Å². The molecule has 1 aliphatic carbocycles. The van der Waals surface area contributed by atoms with Gasteiger partial charge in [-0.3, -0.25) is 15.1 Å². The SMILES string of the molecule is Cc1cnc(CNC2CC2(C)C)c(C)c1[N+](=O)[O-]. The Morgan fingerprint density at radius 3 is 2.67 bits per heavy atom. The van der Waals surface area contributed by atoms with Gasteiger partial charge in [0.05, 0.1) is 10.6 Å². The van der Waals surface area contributed by atoms with Crippen LogP contribution in [-0.2, 0) is 6.54 Å². The van der Waals surface area contributed by atoms with Crippen molar-refractivity contribution in [2.75, 3.05) is 0 Å². The molecular formula is C13H19N3O2. The molecule has 0 bridgehead atoms. The number of hydrogen-bond donors (Lipinski definition) is 1. The summed E-state index contributed by atoms with van der Waals surface area (Å²) in [7, 11) is 0. The Bertz CT molecular complexity index is 497. The number of nitrogens with zero attached hydrogens (tertiary/aromatic N) is 2. The molecule has 1 aromatic rings. The normalized spacial score (nSPS) is 20.8. The zero-order valence-corrected chi connectivity index (χ0v) is 11.3. The molecule has 0 aromatic carbocycles. The minimum atomic E-state index is -0.323. The van der Waals surface area contributed by atoms with Crippen molar-refractivity contribution >= 4 is 5.69 Å². The van der Waals surface area contributed by atoms with Crippen LogP contribution in [0.4, 0.5) is 5.69 Å². The van der Waals surface area contributed by atoms with Gasteiger partial charge in [0.2, 0.25) is 0 Å². The van der Waals surface area contributed by atoms with Crippen LogP contribution >= 0.6 is 0 Å². The van der Waals surface area contributed by atoms with Gasteiger partial charge >= 0.3 is 0 Å². The predicted molar refractivity (Wildman–Crippen MR) is 69.4 cm³/mol. The molecule has 0 radical (unpaired) electrons. The number of pyridine rings is 1. The molecule has 1 saturated carbocycles. The van der Waals surface area contributed by atoms with Crippen molar-refractivity contribution in [3.05, 3.63) is 33.1 Å². The largest absolute Gasteiger partial charge is 0.308 e. The molecule has 1 atom stereocenters. The Morgan fingerprint density at radius 2 is 2.17 bits per heavy atom. The highest BCUT2D eigenvalue weighted by molar-refractivity contribution is 5.47. The minimum absolute atomic E-state index is 0.192. The fourth-order valence-electron chi connectivity index (χ4n) is 2.26. The van der Waals surface area contributed by atoms with Gasteiger partial charge in [-0.25, -0.2) is 0 Å². The second kappa shape index (κ2) is 4.31. The molecular weight excluding hydrogens is 230 g/mol. The van der Waals surface area contributed by atoms with E-state index in [1.807, 2.05) is 0 Å². The van der Waals surface area contributed by atoms with Gasteiger partial charge in [-0.1, -0.05) is 13.8 Å². The lowest BCUT2D eigenvalue weighted by Crippen LogP contribution is -2.21. The van der Waals surface area contributed by atoms with Gasteiger partial charge in [-0.2, -0.15) is 0 Å². The van der Waals surface area contributed by atoms with Gasteiger partial charge in [0, 0.05) is 29.9 Å². The number of aryl methyl sites for hydroxylation is 1. The molecule has 0 aliphatic heterocycles. The first kappa shape index (κ1) is 13.0. The van der Waals surface area contributed by atoms with Crippen molar-refractivity contribution in [1.29, 1.82) is 0 Å². The maximum absolute atomic E-state index is 11.0. The van der Waals surface area contributed by atoms with Crippen LogP contribution in [0.25, 0.3) is 0 Å². The van der Waals surface area contributed by atoms with Crippen LogP contribution in [0.5, 0.6) is 0 Å². The van der Waals surface area contributed by atoms with E-state index in [-0.39, 0.29) is 10.6 Å². The summed E-state index contributed by atoms with van der Waals surface area (Å²) in [5.41, 5.74) is 2.61. The highest BCUT2D eigenvalue weighted by Gasteiger charge is 2.45. The van der Waals surface area contributed by atoms with Crippen molar-refractivity contribution in [2.45, 2.75) is 46.7 Å². The second-order valence-corrected chi connectivity index (χ2v) is 5.74. The zero-order valence-electron chi connectivity index (χ0n) is 11.3. The summed E-state index contributed by atoms with van der Waals surface area (Å²) in [6.07, 6.45) is 2.74. The van der Waals surface area contributed by atoms with E-state index in [9.17, 15) is 10.1 Å². The van der Waals surface area contributed by atoms with Crippen molar-refractivity contribution in [1.82, 2.24) is 10.3 Å². The van der Waals surface area contributed by atoms with E-state index >= 15 is 0 Å². The quantitative estimate of drug-likeness (QED) is 0.657. The topological polar surface area (TPSA) is 68.1 Å². The van der Waals surface area contributed by atoms with Crippen molar-refractivity contribution in [3.63, 3.8) is 0 Å².